The van der Waals surface area contributed by atoms with Crippen LogP contribution in [0.1, 0.15) is 5.76 Å². The Morgan fingerprint density at radius 1 is 1.15 bits per heavy atom. The summed E-state index contributed by atoms with van der Waals surface area (Å²) in [6.07, 6.45) is -6.16. The van der Waals surface area contributed by atoms with Crippen molar-refractivity contribution < 1.29 is 49.1 Å². The number of carbonyl (C=O) groups excluding carboxylic acids is 1. The molecular formula is C8H3F7O5. The van der Waals surface area contributed by atoms with Crippen LogP contribution in [-0.2, 0) is 16.1 Å². The van der Waals surface area contributed by atoms with Gasteiger partial charge in [-0.25, -0.2) is 9.59 Å². The number of esters is 1. The minimum absolute atomic E-state index is 0.496. The van der Waals surface area contributed by atoms with Crippen LogP contribution < -0.4 is 5.82 Å². The van der Waals surface area contributed by atoms with Crippen LogP contribution in [0, 0.1) is 0 Å². The van der Waals surface area contributed by atoms with Crippen LogP contribution in [0.2, 0.25) is 0 Å². The molecular weight excluding hydrogens is 309 g/mol. The topological polar surface area (TPSA) is 69.7 Å². The molecule has 0 aliphatic rings. The molecule has 0 bridgehead atoms. The molecule has 0 atom stereocenters. The van der Waals surface area contributed by atoms with E-state index in [9.17, 15) is 40.3 Å². The van der Waals surface area contributed by atoms with Crippen molar-refractivity contribution in [3.63, 3.8) is 0 Å². The van der Waals surface area contributed by atoms with Gasteiger partial charge in [0.2, 0.25) is 0 Å². The van der Waals surface area contributed by atoms with Gasteiger partial charge in [0, 0.05) is 0 Å². The summed E-state index contributed by atoms with van der Waals surface area (Å²) in [6.45, 7) is -1.28. The van der Waals surface area contributed by atoms with E-state index in [2.05, 4.69) is 13.6 Å². The van der Waals surface area contributed by atoms with Gasteiger partial charge in [0.15, 0.2) is 12.4 Å². The van der Waals surface area contributed by atoms with Gasteiger partial charge in [-0.1, -0.05) is 0 Å². The molecule has 0 N–H and O–H groups in total. The van der Waals surface area contributed by atoms with Crippen LogP contribution in [0.3, 0.4) is 0 Å². The predicted molar refractivity (Wildman–Crippen MR) is 43.0 cm³/mol. The summed E-state index contributed by atoms with van der Waals surface area (Å²) in [5.74, 6) is -17.9. The van der Waals surface area contributed by atoms with Gasteiger partial charge in [-0.2, -0.15) is 30.7 Å². The Labute approximate surface area is 103 Å². The number of hydrogen-bond acceptors (Lipinski definition) is 5. The second-order valence-electron chi connectivity index (χ2n) is 3.28. The highest BCUT2D eigenvalue weighted by Gasteiger charge is 2.77. The van der Waals surface area contributed by atoms with Gasteiger partial charge in [-0.3, -0.25) is 0 Å². The molecule has 0 saturated heterocycles. The van der Waals surface area contributed by atoms with E-state index in [4.69, 9.17) is 0 Å². The number of ether oxygens (including phenoxy) is 1. The van der Waals surface area contributed by atoms with E-state index in [1.54, 1.807) is 0 Å². The molecule has 0 radical (unpaired) electrons. The molecule has 1 heterocycles. The Morgan fingerprint density at radius 2 is 1.70 bits per heavy atom. The van der Waals surface area contributed by atoms with Crippen molar-refractivity contribution in [2.24, 2.45) is 0 Å². The van der Waals surface area contributed by atoms with Crippen molar-refractivity contribution in [3.05, 3.63) is 22.6 Å². The zero-order valence-corrected chi connectivity index (χ0v) is 8.97. The van der Waals surface area contributed by atoms with Crippen molar-refractivity contribution in [1.29, 1.82) is 0 Å². The quantitative estimate of drug-likeness (QED) is 0.629. The van der Waals surface area contributed by atoms with Crippen LogP contribution in [-0.4, -0.2) is 24.0 Å². The maximum atomic E-state index is 12.7. The van der Waals surface area contributed by atoms with Crippen LogP contribution >= 0.6 is 0 Å². The highest BCUT2D eigenvalue weighted by atomic mass is 19.4. The van der Waals surface area contributed by atoms with Gasteiger partial charge < -0.3 is 13.6 Å². The van der Waals surface area contributed by atoms with E-state index < -0.39 is 42.2 Å². The van der Waals surface area contributed by atoms with Crippen molar-refractivity contribution in [3.8, 4) is 0 Å². The predicted octanol–water partition coefficient (Wildman–Crippen LogP) is 2.11. The molecule has 0 amide bonds. The first-order chi connectivity index (χ1) is 8.89. The Hall–Kier alpha value is -2.01. The first kappa shape index (κ1) is 16.0. The third kappa shape index (κ3) is 2.77. The van der Waals surface area contributed by atoms with Gasteiger partial charge in [-0.05, 0) is 0 Å². The van der Waals surface area contributed by atoms with Crippen molar-refractivity contribution in [2.75, 3.05) is 0 Å². The van der Waals surface area contributed by atoms with E-state index >= 15 is 0 Å². The third-order valence-corrected chi connectivity index (χ3v) is 1.85. The molecule has 0 spiro atoms. The van der Waals surface area contributed by atoms with E-state index in [1.807, 2.05) is 0 Å². The summed E-state index contributed by atoms with van der Waals surface area (Å²) in [7, 11) is 0. The normalized spacial score (nSPS) is 13.3. The standard InChI is InChI=1S/C8H3F7O5/c9-6(10,7(11,12)8(13,14)15)4(16)18-1-3-2-19-5(17)20-3/h2H,1H2. The molecule has 0 fully saturated rings. The van der Waals surface area contributed by atoms with Gasteiger partial charge in [0.1, 0.15) is 6.26 Å². The second-order valence-corrected chi connectivity index (χ2v) is 3.28. The molecule has 114 valence electrons. The largest absolute Gasteiger partial charge is 0.518 e. The second kappa shape index (κ2) is 4.83. The fourth-order valence-corrected chi connectivity index (χ4v) is 0.866. The van der Waals surface area contributed by atoms with Gasteiger partial charge in [0.05, 0.1) is 0 Å². The summed E-state index contributed by atoms with van der Waals surface area (Å²) in [5.41, 5.74) is 0. The van der Waals surface area contributed by atoms with Crippen LogP contribution in [0.4, 0.5) is 30.7 Å². The summed E-state index contributed by atoms with van der Waals surface area (Å²) >= 11 is 0. The highest BCUT2D eigenvalue weighted by Crippen LogP contribution is 2.47. The molecule has 0 aromatic carbocycles. The van der Waals surface area contributed by atoms with Crippen LogP contribution in [0.25, 0.3) is 0 Å². The minimum Gasteiger partial charge on any atom is -0.453 e. The molecule has 0 saturated carbocycles. The van der Waals surface area contributed by atoms with Crippen LogP contribution in [0.15, 0.2) is 19.9 Å². The lowest BCUT2D eigenvalue weighted by Crippen LogP contribution is -2.56. The molecule has 1 rings (SSSR count). The lowest BCUT2D eigenvalue weighted by Gasteiger charge is -2.26. The average molecular weight is 312 g/mol. The van der Waals surface area contributed by atoms with Crippen LogP contribution in [0.5, 0.6) is 0 Å². The maximum absolute atomic E-state index is 12.7. The molecule has 5 nitrogen and oxygen atoms in total. The molecule has 0 aliphatic heterocycles. The smallest absolute Gasteiger partial charge is 0.453 e. The number of rotatable bonds is 4. The number of alkyl halides is 7. The Balaban J connectivity index is 2.82. The Kier molecular flexibility index (Phi) is 3.87. The lowest BCUT2D eigenvalue weighted by atomic mass is 10.1. The fraction of sp³-hybridized carbons (Fsp3) is 0.500. The minimum atomic E-state index is -6.66. The Morgan fingerprint density at radius 3 is 2.10 bits per heavy atom. The first-order valence-electron chi connectivity index (χ1n) is 4.46. The van der Waals surface area contributed by atoms with E-state index in [-0.39, 0.29) is 0 Å². The summed E-state index contributed by atoms with van der Waals surface area (Å²) < 4.78 is 97.1. The monoisotopic (exact) mass is 312 g/mol. The molecule has 0 aliphatic carbocycles. The van der Waals surface area contributed by atoms with E-state index in [0.29, 0.717) is 6.26 Å². The zero-order valence-electron chi connectivity index (χ0n) is 8.97. The van der Waals surface area contributed by atoms with Gasteiger partial charge >= 0.3 is 29.8 Å². The number of hydrogen-bond donors (Lipinski definition) is 0. The summed E-state index contributed by atoms with van der Waals surface area (Å²) in [5, 5.41) is 0. The number of halogens is 7. The van der Waals surface area contributed by atoms with Gasteiger partial charge in [0.25, 0.3) is 0 Å². The molecule has 20 heavy (non-hydrogen) atoms. The lowest BCUT2D eigenvalue weighted by molar-refractivity contribution is -0.348. The third-order valence-electron chi connectivity index (χ3n) is 1.85. The fourth-order valence-electron chi connectivity index (χ4n) is 0.866. The van der Waals surface area contributed by atoms with Crippen molar-refractivity contribution >= 4 is 5.97 Å². The molecule has 0 unspecified atom stereocenters. The molecule has 1 aromatic rings. The summed E-state index contributed by atoms with van der Waals surface area (Å²) in [6, 6.07) is 0. The summed E-state index contributed by atoms with van der Waals surface area (Å²) in [4.78, 5) is 21.0. The Bertz CT molecular complexity index is 540. The molecule has 1 aromatic heterocycles. The number of carbonyl (C=O) groups is 1. The highest BCUT2D eigenvalue weighted by molar-refractivity contribution is 5.79. The van der Waals surface area contributed by atoms with Crippen molar-refractivity contribution in [1.82, 2.24) is 0 Å². The zero-order chi connectivity index (χ0) is 15.8. The van der Waals surface area contributed by atoms with E-state index in [0.717, 1.165) is 0 Å². The maximum Gasteiger partial charge on any atom is 0.518 e. The molecule has 12 heteroatoms. The van der Waals surface area contributed by atoms with E-state index in [1.165, 1.54) is 0 Å². The SMILES string of the molecule is O=C(OCc1coc(=O)o1)C(F)(F)C(F)(F)C(F)(F)F. The average Bonchev–Trinajstić information content (AvgIpc) is 2.70. The van der Waals surface area contributed by atoms with Gasteiger partial charge in [-0.15, -0.1) is 0 Å². The first-order valence-corrected chi connectivity index (χ1v) is 4.46. The van der Waals surface area contributed by atoms with Crippen molar-refractivity contribution in [2.45, 2.75) is 24.6 Å².